The molecule has 1 rings (SSSR count). The number of carboxylic acids is 1. The maximum Gasteiger partial charge on any atom is 0.308 e. The molecule has 0 saturated heterocycles. The summed E-state index contributed by atoms with van der Waals surface area (Å²) in [6.07, 6.45) is 0. The fourth-order valence-corrected chi connectivity index (χ4v) is 1.71. The molecule has 1 amide bonds. The van der Waals surface area contributed by atoms with E-state index in [-0.39, 0.29) is 12.5 Å². The van der Waals surface area contributed by atoms with Crippen LogP contribution in [0.1, 0.15) is 17.3 Å². The Kier molecular flexibility index (Phi) is 4.72. The molecule has 0 spiro atoms. The van der Waals surface area contributed by atoms with Gasteiger partial charge in [0, 0.05) is 10.1 Å². The van der Waals surface area contributed by atoms with Crippen LogP contribution in [-0.2, 0) is 4.79 Å². The lowest BCUT2D eigenvalue weighted by Crippen LogP contribution is -2.31. The van der Waals surface area contributed by atoms with E-state index in [1.165, 1.54) is 0 Å². The van der Waals surface area contributed by atoms with Gasteiger partial charge in [0.25, 0.3) is 5.91 Å². The van der Waals surface area contributed by atoms with Crippen LogP contribution >= 0.6 is 22.6 Å². The van der Waals surface area contributed by atoms with E-state index >= 15 is 0 Å². The number of aliphatic carboxylic acids is 1. The quantitative estimate of drug-likeness (QED) is 0.825. The van der Waals surface area contributed by atoms with Crippen molar-refractivity contribution in [3.63, 3.8) is 0 Å². The van der Waals surface area contributed by atoms with Gasteiger partial charge in [-0.2, -0.15) is 0 Å². The number of carboxylic acid groups (broad SMARTS) is 1. The molecule has 0 aromatic heterocycles. The largest absolute Gasteiger partial charge is 0.481 e. The second-order valence-electron chi connectivity index (χ2n) is 3.43. The third-order valence-corrected chi connectivity index (χ3v) is 3.05. The fraction of sp³-hybridized carbons (Fsp3) is 0.273. The summed E-state index contributed by atoms with van der Waals surface area (Å²) in [4.78, 5) is 22.2. The molecule has 0 heterocycles. The van der Waals surface area contributed by atoms with E-state index in [4.69, 9.17) is 5.11 Å². The standard InChI is InChI=1S/C11H12INO3/c1-7(11(15)16)6-13-10(14)8-4-2-3-5-9(8)12/h2-5,7H,6H2,1H3,(H,13,14)(H,15,16). The van der Waals surface area contributed by atoms with Crippen LogP contribution in [0.2, 0.25) is 0 Å². The average molecular weight is 333 g/mol. The van der Waals surface area contributed by atoms with Gasteiger partial charge in [0.2, 0.25) is 0 Å². The Bertz CT molecular complexity index is 406. The average Bonchev–Trinajstić information content (AvgIpc) is 2.25. The number of hydrogen-bond acceptors (Lipinski definition) is 2. The Hall–Kier alpha value is -1.11. The Labute approximate surface area is 107 Å². The van der Waals surface area contributed by atoms with Crippen molar-refractivity contribution in [1.29, 1.82) is 0 Å². The van der Waals surface area contributed by atoms with Crippen LogP contribution in [0.4, 0.5) is 0 Å². The molecule has 0 aliphatic carbocycles. The molecule has 2 N–H and O–H groups in total. The molecule has 1 unspecified atom stereocenters. The zero-order chi connectivity index (χ0) is 12.1. The lowest BCUT2D eigenvalue weighted by Gasteiger charge is -2.09. The molecule has 0 radical (unpaired) electrons. The first-order valence-electron chi connectivity index (χ1n) is 4.78. The van der Waals surface area contributed by atoms with Crippen LogP contribution in [0.5, 0.6) is 0 Å². The molecule has 16 heavy (non-hydrogen) atoms. The van der Waals surface area contributed by atoms with Crippen molar-refractivity contribution in [3.05, 3.63) is 33.4 Å². The van der Waals surface area contributed by atoms with E-state index in [9.17, 15) is 9.59 Å². The fourth-order valence-electron chi connectivity index (χ4n) is 1.07. The Morgan fingerprint density at radius 1 is 1.44 bits per heavy atom. The lowest BCUT2D eigenvalue weighted by molar-refractivity contribution is -0.140. The number of carbonyl (C=O) groups is 2. The maximum absolute atomic E-state index is 11.7. The van der Waals surface area contributed by atoms with Gasteiger partial charge in [0.15, 0.2) is 0 Å². The van der Waals surface area contributed by atoms with Gasteiger partial charge in [0.1, 0.15) is 0 Å². The summed E-state index contributed by atoms with van der Waals surface area (Å²) in [7, 11) is 0. The molecule has 0 saturated carbocycles. The number of nitrogens with one attached hydrogen (secondary N) is 1. The summed E-state index contributed by atoms with van der Waals surface area (Å²) < 4.78 is 0.848. The minimum absolute atomic E-state index is 0.138. The van der Waals surface area contributed by atoms with E-state index in [2.05, 4.69) is 27.9 Å². The minimum Gasteiger partial charge on any atom is -0.481 e. The van der Waals surface area contributed by atoms with Gasteiger partial charge >= 0.3 is 5.97 Å². The van der Waals surface area contributed by atoms with Gasteiger partial charge in [-0.1, -0.05) is 19.1 Å². The highest BCUT2D eigenvalue weighted by Gasteiger charge is 2.14. The summed E-state index contributed by atoms with van der Waals surface area (Å²) >= 11 is 2.07. The van der Waals surface area contributed by atoms with Crippen LogP contribution in [0, 0.1) is 9.49 Å². The van der Waals surface area contributed by atoms with Gasteiger partial charge in [-0.05, 0) is 34.7 Å². The van der Waals surface area contributed by atoms with E-state index in [0.717, 1.165) is 3.57 Å². The maximum atomic E-state index is 11.7. The zero-order valence-electron chi connectivity index (χ0n) is 8.74. The van der Waals surface area contributed by atoms with Crippen molar-refractivity contribution in [2.45, 2.75) is 6.92 Å². The van der Waals surface area contributed by atoms with Gasteiger partial charge in [-0.3, -0.25) is 9.59 Å². The molecule has 1 atom stereocenters. The van der Waals surface area contributed by atoms with Crippen molar-refractivity contribution >= 4 is 34.5 Å². The van der Waals surface area contributed by atoms with E-state index in [0.29, 0.717) is 5.56 Å². The topological polar surface area (TPSA) is 66.4 Å². The summed E-state index contributed by atoms with van der Waals surface area (Å²) in [5.74, 6) is -1.73. The van der Waals surface area contributed by atoms with Crippen molar-refractivity contribution in [2.75, 3.05) is 6.54 Å². The minimum atomic E-state index is -0.914. The second kappa shape index (κ2) is 5.83. The van der Waals surface area contributed by atoms with Crippen LogP contribution < -0.4 is 5.32 Å². The Morgan fingerprint density at radius 3 is 2.62 bits per heavy atom. The Morgan fingerprint density at radius 2 is 2.06 bits per heavy atom. The molecule has 0 bridgehead atoms. The van der Waals surface area contributed by atoms with Crippen molar-refractivity contribution in [1.82, 2.24) is 5.32 Å². The first-order valence-corrected chi connectivity index (χ1v) is 5.85. The number of amides is 1. The number of benzene rings is 1. The summed E-state index contributed by atoms with van der Waals surface area (Å²) in [6.45, 7) is 1.69. The SMILES string of the molecule is CC(CNC(=O)c1ccccc1I)C(=O)O. The van der Waals surface area contributed by atoms with E-state index in [1.54, 1.807) is 19.1 Å². The van der Waals surface area contributed by atoms with Crippen molar-refractivity contribution < 1.29 is 14.7 Å². The molecular formula is C11H12INO3. The molecule has 86 valence electrons. The van der Waals surface area contributed by atoms with Gasteiger partial charge < -0.3 is 10.4 Å². The van der Waals surface area contributed by atoms with Crippen LogP contribution in [0.15, 0.2) is 24.3 Å². The zero-order valence-corrected chi connectivity index (χ0v) is 10.9. The molecular weight excluding hydrogens is 321 g/mol. The molecule has 0 aliphatic rings. The molecule has 5 heteroatoms. The molecule has 1 aromatic rings. The molecule has 1 aromatic carbocycles. The summed E-state index contributed by atoms with van der Waals surface area (Å²) in [5, 5.41) is 11.3. The van der Waals surface area contributed by atoms with Gasteiger partial charge in [0.05, 0.1) is 11.5 Å². The monoisotopic (exact) mass is 333 g/mol. The summed E-state index contributed by atoms with van der Waals surface area (Å²) in [5.41, 5.74) is 0.570. The highest BCUT2D eigenvalue weighted by molar-refractivity contribution is 14.1. The van der Waals surface area contributed by atoms with Crippen LogP contribution in [0.3, 0.4) is 0 Å². The van der Waals surface area contributed by atoms with Crippen molar-refractivity contribution in [3.8, 4) is 0 Å². The highest BCUT2D eigenvalue weighted by atomic mass is 127. The molecule has 0 fully saturated rings. The van der Waals surface area contributed by atoms with Crippen LogP contribution in [0.25, 0.3) is 0 Å². The third-order valence-electron chi connectivity index (χ3n) is 2.11. The van der Waals surface area contributed by atoms with Crippen LogP contribution in [-0.4, -0.2) is 23.5 Å². The normalized spacial score (nSPS) is 11.9. The number of halogens is 1. The van der Waals surface area contributed by atoms with E-state index in [1.807, 2.05) is 12.1 Å². The third kappa shape index (κ3) is 3.48. The predicted molar refractivity (Wildman–Crippen MR) is 68.3 cm³/mol. The van der Waals surface area contributed by atoms with Crippen molar-refractivity contribution in [2.24, 2.45) is 5.92 Å². The lowest BCUT2D eigenvalue weighted by atomic mass is 10.1. The number of carbonyl (C=O) groups excluding carboxylic acids is 1. The van der Waals surface area contributed by atoms with Gasteiger partial charge in [-0.15, -0.1) is 0 Å². The first-order chi connectivity index (χ1) is 7.52. The number of rotatable bonds is 4. The second-order valence-corrected chi connectivity index (χ2v) is 4.59. The highest BCUT2D eigenvalue weighted by Crippen LogP contribution is 2.11. The van der Waals surface area contributed by atoms with Gasteiger partial charge in [-0.25, -0.2) is 0 Å². The molecule has 0 aliphatic heterocycles. The molecule has 4 nitrogen and oxygen atoms in total. The first kappa shape index (κ1) is 13.0. The van der Waals surface area contributed by atoms with E-state index < -0.39 is 11.9 Å². The number of hydrogen-bond donors (Lipinski definition) is 2. The predicted octanol–water partition coefficient (Wildman–Crippen LogP) is 1.74. The summed E-state index contributed by atoms with van der Waals surface area (Å²) in [6, 6.07) is 7.16. The Balaban J connectivity index is 2.60. The smallest absolute Gasteiger partial charge is 0.308 e.